The van der Waals surface area contributed by atoms with Gasteiger partial charge < -0.3 is 19.7 Å². The van der Waals surface area contributed by atoms with E-state index in [1.807, 2.05) is 13.8 Å². The van der Waals surface area contributed by atoms with Crippen LogP contribution in [-0.2, 0) is 19.1 Å². The number of amides is 2. The Balaban J connectivity index is 1.50. The first-order chi connectivity index (χ1) is 14.3. The number of carbonyl (C=O) groups excluding carboxylic acids is 3. The molecule has 7 nitrogen and oxygen atoms in total. The van der Waals surface area contributed by atoms with E-state index in [1.54, 1.807) is 53.4 Å². The highest BCUT2D eigenvalue weighted by atomic mass is 79.9. The van der Waals surface area contributed by atoms with E-state index in [-0.39, 0.29) is 25.0 Å². The lowest BCUT2D eigenvalue weighted by atomic mass is 10.1. The first-order valence-corrected chi connectivity index (χ1v) is 10.4. The molecule has 1 aliphatic heterocycles. The van der Waals surface area contributed by atoms with Gasteiger partial charge in [-0.15, -0.1) is 0 Å². The Morgan fingerprint density at radius 3 is 2.43 bits per heavy atom. The Morgan fingerprint density at radius 2 is 1.80 bits per heavy atom. The standard InChI is InChI=1S/C22H23BrN2O5/c1-14(2)30-19-9-7-18(8-10-19)25-12-15(11-21(25)27)22(28)29-13-20(26)24-17-5-3-16(23)4-6-17/h3-10,14-15H,11-13H2,1-2H3,(H,24,26)/t15-/m0/s1. The van der Waals surface area contributed by atoms with Crippen molar-refractivity contribution in [1.29, 1.82) is 0 Å². The van der Waals surface area contributed by atoms with Gasteiger partial charge >= 0.3 is 5.97 Å². The van der Waals surface area contributed by atoms with Crippen molar-refractivity contribution < 1.29 is 23.9 Å². The average molecular weight is 475 g/mol. The third kappa shape index (κ3) is 5.82. The van der Waals surface area contributed by atoms with Crippen molar-refractivity contribution in [2.45, 2.75) is 26.4 Å². The molecule has 3 rings (SSSR count). The molecular weight excluding hydrogens is 452 g/mol. The molecule has 2 aromatic carbocycles. The van der Waals surface area contributed by atoms with Gasteiger partial charge in [0.1, 0.15) is 5.75 Å². The summed E-state index contributed by atoms with van der Waals surface area (Å²) in [5, 5.41) is 2.65. The summed E-state index contributed by atoms with van der Waals surface area (Å²) in [6.07, 6.45) is 0.113. The third-order valence-corrected chi connectivity index (χ3v) is 4.98. The van der Waals surface area contributed by atoms with Crippen LogP contribution in [0.1, 0.15) is 20.3 Å². The molecule has 0 aromatic heterocycles. The topological polar surface area (TPSA) is 84.9 Å². The van der Waals surface area contributed by atoms with E-state index < -0.39 is 24.4 Å². The SMILES string of the molecule is CC(C)Oc1ccc(N2C[C@@H](C(=O)OCC(=O)Nc3ccc(Br)cc3)CC2=O)cc1. The van der Waals surface area contributed by atoms with Crippen LogP contribution in [0.15, 0.2) is 53.0 Å². The molecule has 8 heteroatoms. The molecule has 0 radical (unpaired) electrons. The number of hydrogen-bond donors (Lipinski definition) is 1. The van der Waals surface area contributed by atoms with Crippen molar-refractivity contribution in [2.75, 3.05) is 23.4 Å². The zero-order valence-corrected chi connectivity index (χ0v) is 18.3. The molecule has 1 atom stereocenters. The smallest absolute Gasteiger partial charge is 0.311 e. The molecule has 1 saturated heterocycles. The number of halogens is 1. The maximum absolute atomic E-state index is 12.4. The van der Waals surface area contributed by atoms with E-state index in [0.29, 0.717) is 17.1 Å². The number of anilines is 2. The minimum atomic E-state index is -0.607. The maximum atomic E-state index is 12.4. The van der Waals surface area contributed by atoms with Gasteiger partial charge in [-0.05, 0) is 62.4 Å². The molecule has 1 N–H and O–H groups in total. The van der Waals surface area contributed by atoms with Gasteiger partial charge in [-0.2, -0.15) is 0 Å². The summed E-state index contributed by atoms with van der Waals surface area (Å²) in [5.74, 6) is -1.05. The summed E-state index contributed by atoms with van der Waals surface area (Å²) >= 11 is 3.32. The number of nitrogens with zero attached hydrogens (tertiary/aromatic N) is 1. The van der Waals surface area contributed by atoms with Crippen LogP contribution < -0.4 is 15.0 Å². The lowest BCUT2D eigenvalue weighted by Crippen LogP contribution is -2.28. The monoisotopic (exact) mass is 474 g/mol. The van der Waals surface area contributed by atoms with E-state index in [0.717, 1.165) is 4.47 Å². The zero-order valence-electron chi connectivity index (χ0n) is 16.8. The molecule has 2 amide bonds. The fourth-order valence-corrected chi connectivity index (χ4v) is 3.34. The van der Waals surface area contributed by atoms with Crippen LogP contribution in [0.5, 0.6) is 5.75 Å². The Hall–Kier alpha value is -2.87. The minimum Gasteiger partial charge on any atom is -0.491 e. The summed E-state index contributed by atoms with van der Waals surface area (Å²) in [7, 11) is 0. The minimum absolute atomic E-state index is 0.0530. The van der Waals surface area contributed by atoms with Crippen molar-refractivity contribution >= 4 is 45.1 Å². The van der Waals surface area contributed by atoms with Crippen molar-refractivity contribution in [3.05, 3.63) is 53.0 Å². The summed E-state index contributed by atoms with van der Waals surface area (Å²) < 4.78 is 11.6. The number of hydrogen-bond acceptors (Lipinski definition) is 5. The molecule has 0 aliphatic carbocycles. The summed E-state index contributed by atoms with van der Waals surface area (Å²) in [5.41, 5.74) is 1.30. The van der Waals surface area contributed by atoms with Crippen molar-refractivity contribution in [2.24, 2.45) is 5.92 Å². The van der Waals surface area contributed by atoms with Crippen molar-refractivity contribution in [3.63, 3.8) is 0 Å². The molecule has 158 valence electrons. The lowest BCUT2D eigenvalue weighted by Gasteiger charge is -2.17. The second-order valence-corrected chi connectivity index (χ2v) is 8.14. The highest BCUT2D eigenvalue weighted by Gasteiger charge is 2.36. The molecular formula is C22H23BrN2O5. The van der Waals surface area contributed by atoms with Crippen molar-refractivity contribution in [3.8, 4) is 5.75 Å². The van der Waals surface area contributed by atoms with E-state index in [4.69, 9.17) is 9.47 Å². The van der Waals surface area contributed by atoms with Gasteiger partial charge in [-0.1, -0.05) is 15.9 Å². The number of carbonyl (C=O) groups is 3. The molecule has 0 spiro atoms. The Morgan fingerprint density at radius 1 is 1.13 bits per heavy atom. The Labute approximate surface area is 183 Å². The molecule has 1 aliphatic rings. The quantitative estimate of drug-likeness (QED) is 0.617. The van der Waals surface area contributed by atoms with Gasteiger partial charge in [-0.3, -0.25) is 14.4 Å². The van der Waals surface area contributed by atoms with Gasteiger partial charge in [0.15, 0.2) is 6.61 Å². The normalized spacial score (nSPS) is 15.9. The van der Waals surface area contributed by atoms with Crippen LogP contribution in [0, 0.1) is 5.92 Å². The summed E-state index contributed by atoms with van der Waals surface area (Å²) in [6, 6.07) is 14.2. The second-order valence-electron chi connectivity index (χ2n) is 7.23. The van der Waals surface area contributed by atoms with Crippen LogP contribution >= 0.6 is 15.9 Å². The van der Waals surface area contributed by atoms with Gasteiger partial charge in [0.2, 0.25) is 5.91 Å². The maximum Gasteiger partial charge on any atom is 0.311 e. The molecule has 30 heavy (non-hydrogen) atoms. The molecule has 0 unspecified atom stereocenters. The van der Waals surface area contributed by atoms with Gasteiger partial charge in [-0.25, -0.2) is 0 Å². The number of rotatable bonds is 7. The summed E-state index contributed by atoms with van der Waals surface area (Å²) in [4.78, 5) is 38.2. The number of benzene rings is 2. The van der Waals surface area contributed by atoms with Crippen LogP contribution in [0.2, 0.25) is 0 Å². The Bertz CT molecular complexity index is 912. The third-order valence-electron chi connectivity index (χ3n) is 4.45. The fraction of sp³-hybridized carbons (Fsp3) is 0.318. The summed E-state index contributed by atoms with van der Waals surface area (Å²) in [6.45, 7) is 3.69. The molecule has 0 saturated carbocycles. The van der Waals surface area contributed by atoms with Gasteiger partial charge in [0.05, 0.1) is 12.0 Å². The zero-order chi connectivity index (χ0) is 21.7. The molecule has 0 bridgehead atoms. The van der Waals surface area contributed by atoms with Crippen LogP contribution in [-0.4, -0.2) is 37.0 Å². The van der Waals surface area contributed by atoms with Crippen LogP contribution in [0.4, 0.5) is 11.4 Å². The second kappa shape index (κ2) is 9.75. The predicted octanol–water partition coefficient (Wildman–Crippen LogP) is 3.77. The van der Waals surface area contributed by atoms with Gasteiger partial charge in [0.25, 0.3) is 5.91 Å². The first-order valence-electron chi connectivity index (χ1n) is 9.61. The molecule has 1 heterocycles. The van der Waals surface area contributed by atoms with Crippen LogP contribution in [0.3, 0.4) is 0 Å². The molecule has 2 aromatic rings. The van der Waals surface area contributed by atoms with E-state index in [2.05, 4.69) is 21.2 Å². The van der Waals surface area contributed by atoms with E-state index in [9.17, 15) is 14.4 Å². The van der Waals surface area contributed by atoms with Gasteiger partial charge in [0, 0.05) is 28.8 Å². The number of nitrogens with one attached hydrogen (secondary N) is 1. The Kier molecular flexibility index (Phi) is 7.10. The van der Waals surface area contributed by atoms with Crippen molar-refractivity contribution in [1.82, 2.24) is 0 Å². The van der Waals surface area contributed by atoms with E-state index >= 15 is 0 Å². The first kappa shape index (κ1) is 21.8. The molecule has 1 fully saturated rings. The highest BCUT2D eigenvalue weighted by molar-refractivity contribution is 9.10. The average Bonchev–Trinajstić information content (AvgIpc) is 3.10. The highest BCUT2D eigenvalue weighted by Crippen LogP contribution is 2.27. The lowest BCUT2D eigenvalue weighted by molar-refractivity contribution is -0.151. The number of esters is 1. The predicted molar refractivity (Wildman–Crippen MR) is 116 cm³/mol. The fourth-order valence-electron chi connectivity index (χ4n) is 3.08. The largest absolute Gasteiger partial charge is 0.491 e. The number of ether oxygens (including phenoxy) is 2. The van der Waals surface area contributed by atoms with E-state index in [1.165, 1.54) is 0 Å². The van der Waals surface area contributed by atoms with Crippen LogP contribution in [0.25, 0.3) is 0 Å².